The van der Waals surface area contributed by atoms with E-state index in [4.69, 9.17) is 11.6 Å². The van der Waals surface area contributed by atoms with Gasteiger partial charge < -0.3 is 10.2 Å². The highest BCUT2D eigenvalue weighted by molar-refractivity contribution is 6.30. The topological polar surface area (TPSA) is 58.1 Å². The molecule has 0 aliphatic carbocycles. The average molecular weight is 303 g/mol. The van der Waals surface area contributed by atoms with Crippen LogP contribution >= 0.6 is 11.6 Å². The molecule has 108 valence electrons. The first-order valence-corrected chi connectivity index (χ1v) is 7.21. The molecule has 1 aromatic heterocycles. The van der Waals surface area contributed by atoms with Crippen molar-refractivity contribution in [3.05, 3.63) is 47.2 Å². The van der Waals surface area contributed by atoms with Crippen molar-refractivity contribution in [3.63, 3.8) is 0 Å². The third-order valence-corrected chi connectivity index (χ3v) is 3.59. The Labute approximate surface area is 128 Å². The minimum Gasteiger partial charge on any atom is -0.350 e. The van der Waals surface area contributed by atoms with E-state index in [-0.39, 0.29) is 5.91 Å². The van der Waals surface area contributed by atoms with Crippen LogP contribution in [-0.4, -0.2) is 22.4 Å². The van der Waals surface area contributed by atoms with Crippen LogP contribution in [0.3, 0.4) is 0 Å². The SMILES string of the molecule is O=C1CCCN1c1ccc(CNc2ncc(Cl)cn2)cc1. The standard InChI is InChI=1S/C15H15ClN4O/c16-12-9-18-15(19-10-12)17-8-11-3-5-13(6-4-11)20-7-1-2-14(20)21/h3-6,9-10H,1-2,7-8H2,(H,17,18,19). The van der Waals surface area contributed by atoms with Crippen LogP contribution < -0.4 is 10.2 Å². The minimum atomic E-state index is 0.204. The molecule has 5 nitrogen and oxygen atoms in total. The van der Waals surface area contributed by atoms with Crippen LogP contribution in [0.15, 0.2) is 36.7 Å². The molecule has 0 spiro atoms. The Bertz CT molecular complexity index is 627. The highest BCUT2D eigenvalue weighted by Crippen LogP contribution is 2.21. The summed E-state index contributed by atoms with van der Waals surface area (Å²) in [5.74, 6) is 0.744. The fourth-order valence-electron chi connectivity index (χ4n) is 2.30. The lowest BCUT2D eigenvalue weighted by atomic mass is 10.2. The number of hydrogen-bond acceptors (Lipinski definition) is 4. The summed E-state index contributed by atoms with van der Waals surface area (Å²) in [5.41, 5.74) is 2.06. The van der Waals surface area contributed by atoms with Gasteiger partial charge in [0.15, 0.2) is 0 Å². The zero-order valence-corrected chi connectivity index (χ0v) is 12.2. The summed E-state index contributed by atoms with van der Waals surface area (Å²) in [6, 6.07) is 7.96. The van der Waals surface area contributed by atoms with Crippen molar-refractivity contribution in [1.82, 2.24) is 9.97 Å². The summed E-state index contributed by atoms with van der Waals surface area (Å²) in [5, 5.41) is 3.64. The summed E-state index contributed by atoms with van der Waals surface area (Å²) < 4.78 is 0. The molecule has 0 saturated carbocycles. The molecule has 1 aliphatic heterocycles. The third kappa shape index (κ3) is 3.31. The summed E-state index contributed by atoms with van der Waals surface area (Å²) in [6.07, 6.45) is 4.70. The van der Waals surface area contributed by atoms with Crippen molar-refractivity contribution in [2.75, 3.05) is 16.8 Å². The first-order valence-electron chi connectivity index (χ1n) is 6.83. The van der Waals surface area contributed by atoms with E-state index in [9.17, 15) is 4.79 Å². The maximum atomic E-state index is 11.7. The molecule has 21 heavy (non-hydrogen) atoms. The normalized spacial score (nSPS) is 14.5. The van der Waals surface area contributed by atoms with Gasteiger partial charge >= 0.3 is 0 Å². The molecule has 1 aliphatic rings. The molecular weight excluding hydrogens is 288 g/mol. The van der Waals surface area contributed by atoms with Gasteiger partial charge in [-0.15, -0.1) is 0 Å². The van der Waals surface area contributed by atoms with Gasteiger partial charge in [-0.2, -0.15) is 0 Å². The van der Waals surface area contributed by atoms with Crippen LogP contribution in [0.5, 0.6) is 0 Å². The number of carbonyl (C=O) groups excluding carboxylic acids is 1. The fraction of sp³-hybridized carbons (Fsp3) is 0.267. The van der Waals surface area contributed by atoms with E-state index in [0.717, 1.165) is 24.2 Å². The van der Waals surface area contributed by atoms with Gasteiger partial charge in [-0.25, -0.2) is 9.97 Å². The summed E-state index contributed by atoms with van der Waals surface area (Å²) in [4.78, 5) is 21.7. The number of halogens is 1. The first kappa shape index (κ1) is 13.8. The minimum absolute atomic E-state index is 0.204. The zero-order chi connectivity index (χ0) is 14.7. The Morgan fingerprint density at radius 3 is 2.52 bits per heavy atom. The van der Waals surface area contributed by atoms with E-state index < -0.39 is 0 Å². The molecule has 1 amide bonds. The zero-order valence-electron chi connectivity index (χ0n) is 11.4. The molecule has 1 N–H and O–H groups in total. The Balaban J connectivity index is 1.62. The predicted octanol–water partition coefficient (Wildman–Crippen LogP) is 2.87. The maximum Gasteiger partial charge on any atom is 0.227 e. The average Bonchev–Trinajstić information content (AvgIpc) is 2.93. The summed E-state index contributed by atoms with van der Waals surface area (Å²) >= 11 is 5.74. The van der Waals surface area contributed by atoms with Crippen LogP contribution in [0, 0.1) is 0 Å². The lowest BCUT2D eigenvalue weighted by molar-refractivity contribution is -0.117. The number of amides is 1. The Morgan fingerprint density at radius 1 is 1.19 bits per heavy atom. The largest absolute Gasteiger partial charge is 0.350 e. The van der Waals surface area contributed by atoms with E-state index in [0.29, 0.717) is 23.9 Å². The first-order chi connectivity index (χ1) is 10.2. The Morgan fingerprint density at radius 2 is 1.90 bits per heavy atom. The molecule has 2 heterocycles. The van der Waals surface area contributed by atoms with Crippen molar-refractivity contribution in [1.29, 1.82) is 0 Å². The van der Waals surface area contributed by atoms with Crippen LogP contribution in [0.25, 0.3) is 0 Å². The van der Waals surface area contributed by atoms with Crippen molar-refractivity contribution in [2.45, 2.75) is 19.4 Å². The van der Waals surface area contributed by atoms with Crippen molar-refractivity contribution >= 4 is 29.1 Å². The van der Waals surface area contributed by atoms with Gasteiger partial charge in [0, 0.05) is 25.2 Å². The number of rotatable bonds is 4. The molecule has 2 aromatic rings. The molecule has 0 atom stereocenters. The van der Waals surface area contributed by atoms with Gasteiger partial charge in [-0.1, -0.05) is 23.7 Å². The smallest absolute Gasteiger partial charge is 0.227 e. The second-order valence-electron chi connectivity index (χ2n) is 4.89. The monoisotopic (exact) mass is 302 g/mol. The summed E-state index contributed by atoms with van der Waals surface area (Å²) in [7, 11) is 0. The molecular formula is C15H15ClN4O. The van der Waals surface area contributed by atoms with E-state index in [1.54, 1.807) is 12.4 Å². The predicted molar refractivity (Wildman–Crippen MR) is 82.4 cm³/mol. The quantitative estimate of drug-likeness (QED) is 0.943. The van der Waals surface area contributed by atoms with Crippen LogP contribution in [0.1, 0.15) is 18.4 Å². The molecule has 0 radical (unpaired) electrons. The molecule has 1 saturated heterocycles. The van der Waals surface area contributed by atoms with Crippen molar-refractivity contribution in [2.24, 2.45) is 0 Å². The van der Waals surface area contributed by atoms with E-state index in [2.05, 4.69) is 15.3 Å². The van der Waals surface area contributed by atoms with Gasteiger partial charge in [0.25, 0.3) is 0 Å². The van der Waals surface area contributed by atoms with Gasteiger partial charge in [-0.05, 0) is 24.1 Å². The molecule has 3 rings (SSSR count). The highest BCUT2D eigenvalue weighted by atomic mass is 35.5. The van der Waals surface area contributed by atoms with E-state index in [1.807, 2.05) is 29.2 Å². The van der Waals surface area contributed by atoms with E-state index >= 15 is 0 Å². The van der Waals surface area contributed by atoms with Crippen LogP contribution in [0.2, 0.25) is 5.02 Å². The Kier molecular flexibility index (Phi) is 4.01. The molecule has 0 bridgehead atoms. The number of anilines is 2. The molecule has 6 heteroatoms. The van der Waals surface area contributed by atoms with Crippen LogP contribution in [0.4, 0.5) is 11.6 Å². The number of carbonyl (C=O) groups is 1. The molecule has 0 unspecified atom stereocenters. The molecule has 1 aromatic carbocycles. The van der Waals surface area contributed by atoms with E-state index in [1.165, 1.54) is 0 Å². The van der Waals surface area contributed by atoms with Gasteiger partial charge in [0.2, 0.25) is 11.9 Å². The highest BCUT2D eigenvalue weighted by Gasteiger charge is 2.21. The molecule has 1 fully saturated rings. The van der Waals surface area contributed by atoms with Gasteiger partial charge in [0.05, 0.1) is 17.4 Å². The Hall–Kier alpha value is -2.14. The number of hydrogen-bond donors (Lipinski definition) is 1. The van der Waals surface area contributed by atoms with Crippen molar-refractivity contribution in [3.8, 4) is 0 Å². The van der Waals surface area contributed by atoms with Gasteiger partial charge in [-0.3, -0.25) is 4.79 Å². The summed E-state index contributed by atoms with van der Waals surface area (Å²) in [6.45, 7) is 1.44. The second kappa shape index (κ2) is 6.10. The maximum absolute atomic E-state index is 11.7. The number of aromatic nitrogens is 2. The lowest BCUT2D eigenvalue weighted by Crippen LogP contribution is -2.23. The van der Waals surface area contributed by atoms with Gasteiger partial charge in [0.1, 0.15) is 0 Å². The number of nitrogens with zero attached hydrogens (tertiary/aromatic N) is 3. The number of benzene rings is 1. The third-order valence-electron chi connectivity index (χ3n) is 3.39. The van der Waals surface area contributed by atoms with Crippen molar-refractivity contribution < 1.29 is 4.79 Å². The van der Waals surface area contributed by atoms with Crippen LogP contribution in [-0.2, 0) is 11.3 Å². The number of nitrogens with one attached hydrogen (secondary N) is 1. The lowest BCUT2D eigenvalue weighted by Gasteiger charge is -2.16. The fourth-order valence-corrected chi connectivity index (χ4v) is 2.40. The second-order valence-corrected chi connectivity index (χ2v) is 5.33.